The van der Waals surface area contributed by atoms with Gasteiger partial charge in [-0.15, -0.1) is 10.2 Å². The Balaban J connectivity index is 1.54. The summed E-state index contributed by atoms with van der Waals surface area (Å²) in [4.78, 5) is 7.50. The second kappa shape index (κ2) is 9.90. The monoisotopic (exact) mass is 361 g/mol. The number of rotatable bonds is 8. The summed E-state index contributed by atoms with van der Waals surface area (Å²) in [6.07, 6.45) is 10.5. The Hall–Kier alpha value is -1.63. The van der Waals surface area contributed by atoms with Crippen LogP contribution in [0.1, 0.15) is 58.2 Å². The molecule has 1 atom stereocenters. The molecule has 146 valence electrons. The number of guanidine groups is 1. The standard InChI is InChI=1S/C19H35N7/c1-3-18-24-22-15-26(18)13-11-20-19(23-16-8-5-6-9-16)21-14-17-10-7-12-25(17)4-2/h15-17H,3-14H2,1-2H3,(H2,20,21,23). The molecular weight excluding hydrogens is 326 g/mol. The minimum absolute atomic E-state index is 0.577. The number of nitrogens with zero attached hydrogens (tertiary/aromatic N) is 5. The van der Waals surface area contributed by atoms with Crippen LogP contribution in [0.2, 0.25) is 0 Å². The first-order valence-electron chi connectivity index (χ1n) is 10.5. The molecule has 1 aliphatic heterocycles. The lowest BCUT2D eigenvalue weighted by Gasteiger charge is -2.22. The molecule has 0 amide bonds. The SMILES string of the molecule is CCc1nncn1CCNC(=NCC1CCCN1CC)NC1CCCC1. The molecular formula is C19H35N7. The molecule has 2 aliphatic rings. The fraction of sp³-hybridized carbons (Fsp3) is 0.842. The molecule has 2 N–H and O–H groups in total. The zero-order chi connectivity index (χ0) is 18.2. The van der Waals surface area contributed by atoms with Crippen molar-refractivity contribution in [2.45, 2.75) is 77.4 Å². The quantitative estimate of drug-likeness (QED) is 0.546. The highest BCUT2D eigenvalue weighted by molar-refractivity contribution is 5.80. The van der Waals surface area contributed by atoms with Gasteiger partial charge in [0.05, 0.1) is 6.54 Å². The van der Waals surface area contributed by atoms with Gasteiger partial charge < -0.3 is 15.2 Å². The second-order valence-electron chi connectivity index (χ2n) is 7.46. The zero-order valence-corrected chi connectivity index (χ0v) is 16.5. The van der Waals surface area contributed by atoms with Crippen molar-refractivity contribution in [1.82, 2.24) is 30.3 Å². The van der Waals surface area contributed by atoms with Crippen molar-refractivity contribution in [1.29, 1.82) is 0 Å². The second-order valence-corrected chi connectivity index (χ2v) is 7.46. The molecule has 0 radical (unpaired) electrons. The van der Waals surface area contributed by atoms with Crippen LogP contribution in [0.25, 0.3) is 0 Å². The van der Waals surface area contributed by atoms with E-state index in [0.29, 0.717) is 12.1 Å². The van der Waals surface area contributed by atoms with Gasteiger partial charge in [0.25, 0.3) is 0 Å². The van der Waals surface area contributed by atoms with Crippen LogP contribution >= 0.6 is 0 Å². The minimum atomic E-state index is 0.577. The van der Waals surface area contributed by atoms with E-state index in [1.54, 1.807) is 0 Å². The van der Waals surface area contributed by atoms with Crippen molar-refractivity contribution < 1.29 is 0 Å². The third-order valence-electron chi connectivity index (χ3n) is 5.72. The van der Waals surface area contributed by atoms with E-state index in [1.807, 2.05) is 6.33 Å². The summed E-state index contributed by atoms with van der Waals surface area (Å²) in [5.74, 6) is 2.02. The molecule has 3 rings (SSSR count). The summed E-state index contributed by atoms with van der Waals surface area (Å²) in [6.45, 7) is 9.32. The van der Waals surface area contributed by atoms with E-state index in [-0.39, 0.29) is 0 Å². The Labute approximate surface area is 157 Å². The van der Waals surface area contributed by atoms with Crippen LogP contribution in [0.5, 0.6) is 0 Å². The Morgan fingerprint density at radius 2 is 2.08 bits per heavy atom. The largest absolute Gasteiger partial charge is 0.355 e. The first kappa shape index (κ1) is 19.1. The number of nitrogens with one attached hydrogen (secondary N) is 2. The van der Waals surface area contributed by atoms with Crippen LogP contribution in [0.3, 0.4) is 0 Å². The number of aliphatic imine (C=N–C) groups is 1. The van der Waals surface area contributed by atoms with Crippen molar-refractivity contribution in [3.8, 4) is 0 Å². The van der Waals surface area contributed by atoms with Crippen molar-refractivity contribution in [3.63, 3.8) is 0 Å². The van der Waals surface area contributed by atoms with Gasteiger partial charge in [-0.1, -0.05) is 26.7 Å². The molecule has 0 bridgehead atoms. The van der Waals surface area contributed by atoms with Gasteiger partial charge >= 0.3 is 0 Å². The van der Waals surface area contributed by atoms with Crippen molar-refractivity contribution in [3.05, 3.63) is 12.2 Å². The molecule has 1 aromatic rings. The summed E-state index contributed by atoms with van der Waals surface area (Å²) in [5, 5.41) is 15.4. The molecule has 1 unspecified atom stereocenters. The van der Waals surface area contributed by atoms with E-state index in [9.17, 15) is 0 Å². The van der Waals surface area contributed by atoms with E-state index in [4.69, 9.17) is 4.99 Å². The van der Waals surface area contributed by atoms with Gasteiger partial charge in [-0.2, -0.15) is 0 Å². The van der Waals surface area contributed by atoms with Gasteiger partial charge in [0.2, 0.25) is 0 Å². The molecule has 7 nitrogen and oxygen atoms in total. The molecule has 0 spiro atoms. The fourth-order valence-corrected chi connectivity index (χ4v) is 4.17. The van der Waals surface area contributed by atoms with Gasteiger partial charge in [0.15, 0.2) is 5.96 Å². The lowest BCUT2D eigenvalue weighted by Crippen LogP contribution is -2.44. The maximum atomic E-state index is 4.94. The van der Waals surface area contributed by atoms with E-state index >= 15 is 0 Å². The lowest BCUT2D eigenvalue weighted by molar-refractivity contribution is 0.273. The highest BCUT2D eigenvalue weighted by Gasteiger charge is 2.23. The van der Waals surface area contributed by atoms with E-state index < -0.39 is 0 Å². The third kappa shape index (κ3) is 5.19. The topological polar surface area (TPSA) is 70.4 Å². The van der Waals surface area contributed by atoms with Crippen molar-refractivity contribution in [2.24, 2.45) is 4.99 Å². The van der Waals surface area contributed by atoms with Crippen LogP contribution in [0.15, 0.2) is 11.3 Å². The van der Waals surface area contributed by atoms with Gasteiger partial charge in [0, 0.05) is 31.6 Å². The summed E-state index contributed by atoms with van der Waals surface area (Å²) in [7, 11) is 0. The highest BCUT2D eigenvalue weighted by atomic mass is 15.3. The van der Waals surface area contributed by atoms with Crippen LogP contribution in [-0.4, -0.2) is 63.9 Å². The maximum absolute atomic E-state index is 4.94. The van der Waals surface area contributed by atoms with E-state index in [2.05, 4.69) is 44.1 Å². The summed E-state index contributed by atoms with van der Waals surface area (Å²) < 4.78 is 2.12. The van der Waals surface area contributed by atoms with Gasteiger partial charge in [-0.05, 0) is 38.8 Å². The molecule has 26 heavy (non-hydrogen) atoms. The van der Waals surface area contributed by atoms with Gasteiger partial charge in [0.1, 0.15) is 12.2 Å². The Morgan fingerprint density at radius 3 is 2.85 bits per heavy atom. The van der Waals surface area contributed by atoms with Crippen LogP contribution in [-0.2, 0) is 13.0 Å². The number of likely N-dealkylation sites (tertiary alicyclic amines) is 1. The maximum Gasteiger partial charge on any atom is 0.191 e. The lowest BCUT2D eigenvalue weighted by atomic mass is 10.2. The molecule has 1 saturated heterocycles. The summed E-state index contributed by atoms with van der Waals surface area (Å²) in [5.41, 5.74) is 0. The predicted octanol–water partition coefficient (Wildman–Crippen LogP) is 1.80. The molecule has 1 aromatic heterocycles. The van der Waals surface area contributed by atoms with Gasteiger partial charge in [-0.3, -0.25) is 9.89 Å². The third-order valence-corrected chi connectivity index (χ3v) is 5.72. The average Bonchev–Trinajstić information content (AvgIpc) is 3.40. The summed E-state index contributed by atoms with van der Waals surface area (Å²) >= 11 is 0. The number of hydrogen-bond acceptors (Lipinski definition) is 4. The van der Waals surface area contributed by atoms with Crippen molar-refractivity contribution in [2.75, 3.05) is 26.2 Å². The van der Waals surface area contributed by atoms with Crippen LogP contribution in [0.4, 0.5) is 0 Å². The number of aromatic nitrogens is 3. The normalized spacial score (nSPS) is 22.2. The molecule has 1 aliphatic carbocycles. The first-order valence-corrected chi connectivity index (χ1v) is 10.5. The predicted molar refractivity (Wildman–Crippen MR) is 105 cm³/mol. The number of likely N-dealkylation sites (N-methyl/N-ethyl adjacent to an activating group) is 1. The number of aryl methyl sites for hydroxylation is 1. The van der Waals surface area contributed by atoms with E-state index in [0.717, 1.165) is 44.4 Å². The fourth-order valence-electron chi connectivity index (χ4n) is 4.17. The highest BCUT2D eigenvalue weighted by Crippen LogP contribution is 2.18. The van der Waals surface area contributed by atoms with Gasteiger partial charge in [-0.25, -0.2) is 0 Å². The molecule has 2 heterocycles. The zero-order valence-electron chi connectivity index (χ0n) is 16.5. The Bertz CT molecular complexity index is 562. The Morgan fingerprint density at radius 1 is 1.23 bits per heavy atom. The molecule has 2 fully saturated rings. The van der Waals surface area contributed by atoms with Crippen molar-refractivity contribution >= 4 is 5.96 Å². The minimum Gasteiger partial charge on any atom is -0.355 e. The molecule has 1 saturated carbocycles. The average molecular weight is 362 g/mol. The van der Waals surface area contributed by atoms with E-state index in [1.165, 1.54) is 45.1 Å². The van der Waals surface area contributed by atoms with Crippen LogP contribution < -0.4 is 10.6 Å². The summed E-state index contributed by atoms with van der Waals surface area (Å²) in [6, 6.07) is 1.18. The Kier molecular flexibility index (Phi) is 7.29. The molecule has 0 aromatic carbocycles. The number of hydrogen-bond donors (Lipinski definition) is 2. The van der Waals surface area contributed by atoms with Crippen LogP contribution in [0, 0.1) is 0 Å². The smallest absolute Gasteiger partial charge is 0.191 e. The molecule has 7 heteroatoms. The first-order chi connectivity index (χ1) is 12.8.